The highest BCUT2D eigenvalue weighted by atomic mass is 32.2. The van der Waals surface area contributed by atoms with Crippen molar-refractivity contribution in [1.29, 1.82) is 5.26 Å². The summed E-state index contributed by atoms with van der Waals surface area (Å²) in [4.78, 5) is 4.36. The molecule has 0 atom stereocenters. The third-order valence-corrected chi connectivity index (χ3v) is 5.17. The van der Waals surface area contributed by atoms with E-state index in [9.17, 15) is 22.8 Å². The van der Waals surface area contributed by atoms with E-state index in [-0.39, 0.29) is 16.4 Å². The van der Waals surface area contributed by atoms with Gasteiger partial charge in [0.1, 0.15) is 16.9 Å². The number of fused-ring (bicyclic) bond motifs is 1. The van der Waals surface area contributed by atoms with Crippen LogP contribution in [-0.2, 0) is 24.8 Å². The Morgan fingerprint density at radius 1 is 1.12 bits per heavy atom. The molecule has 0 spiro atoms. The molecule has 3 rings (SSSR count). The summed E-state index contributed by atoms with van der Waals surface area (Å²) in [6.07, 6.45) is -2.32. The van der Waals surface area contributed by atoms with Crippen molar-refractivity contribution in [1.82, 2.24) is 4.98 Å². The van der Waals surface area contributed by atoms with E-state index in [0.717, 1.165) is 23.7 Å². The molecule has 0 radical (unpaired) electrons. The third-order valence-electron chi connectivity index (χ3n) is 4.12. The molecule has 130 valence electrons. The fourth-order valence-electron chi connectivity index (χ4n) is 2.97. The molecule has 0 unspecified atom stereocenters. The first-order chi connectivity index (χ1) is 11.9. The van der Waals surface area contributed by atoms with Crippen molar-refractivity contribution in [2.45, 2.75) is 42.6 Å². The SMILES string of the molecule is N#Cc1c(SCc2ccc(F)cc2)nc2c(c1C(F)(F)F)CCCC2. The van der Waals surface area contributed by atoms with E-state index < -0.39 is 17.3 Å². The van der Waals surface area contributed by atoms with Gasteiger partial charge in [0.25, 0.3) is 0 Å². The number of nitrogens with zero attached hydrogens (tertiary/aromatic N) is 2. The first-order valence-electron chi connectivity index (χ1n) is 7.80. The van der Waals surface area contributed by atoms with Crippen LogP contribution in [0.15, 0.2) is 29.3 Å². The van der Waals surface area contributed by atoms with Gasteiger partial charge >= 0.3 is 6.18 Å². The summed E-state index contributed by atoms with van der Waals surface area (Å²) in [5.41, 5.74) is 0.130. The molecule has 2 nitrogen and oxygen atoms in total. The van der Waals surface area contributed by atoms with Crippen LogP contribution in [-0.4, -0.2) is 4.98 Å². The van der Waals surface area contributed by atoms with Crippen LogP contribution in [0, 0.1) is 17.1 Å². The highest BCUT2D eigenvalue weighted by molar-refractivity contribution is 7.98. The summed E-state index contributed by atoms with van der Waals surface area (Å²) in [7, 11) is 0. The quantitative estimate of drug-likeness (QED) is 0.548. The van der Waals surface area contributed by atoms with Gasteiger partial charge in [0.15, 0.2) is 0 Å². The lowest BCUT2D eigenvalue weighted by Crippen LogP contribution is -2.19. The van der Waals surface area contributed by atoms with Crippen LogP contribution in [0.5, 0.6) is 0 Å². The number of halogens is 4. The van der Waals surface area contributed by atoms with Crippen molar-refractivity contribution in [3.05, 3.63) is 58.0 Å². The maximum atomic E-state index is 13.6. The zero-order valence-corrected chi connectivity index (χ0v) is 14.0. The van der Waals surface area contributed by atoms with E-state index >= 15 is 0 Å². The van der Waals surface area contributed by atoms with Gasteiger partial charge in [-0.05, 0) is 48.9 Å². The van der Waals surface area contributed by atoms with Gasteiger partial charge in [-0.2, -0.15) is 18.4 Å². The summed E-state index contributed by atoms with van der Waals surface area (Å²) in [6.45, 7) is 0. The minimum atomic E-state index is -4.58. The number of thioether (sulfide) groups is 1. The van der Waals surface area contributed by atoms with Gasteiger partial charge in [0, 0.05) is 11.4 Å². The van der Waals surface area contributed by atoms with Gasteiger partial charge in [-0.25, -0.2) is 9.37 Å². The maximum Gasteiger partial charge on any atom is 0.418 e. The van der Waals surface area contributed by atoms with Crippen LogP contribution >= 0.6 is 11.8 Å². The van der Waals surface area contributed by atoms with Gasteiger partial charge in [-0.1, -0.05) is 12.1 Å². The van der Waals surface area contributed by atoms with Gasteiger partial charge in [-0.15, -0.1) is 11.8 Å². The second-order valence-corrected chi connectivity index (χ2v) is 6.79. The second kappa shape index (κ2) is 7.04. The van der Waals surface area contributed by atoms with Crippen molar-refractivity contribution in [2.75, 3.05) is 0 Å². The molecule has 0 N–H and O–H groups in total. The lowest BCUT2D eigenvalue weighted by atomic mass is 9.90. The Labute approximate surface area is 146 Å². The Morgan fingerprint density at radius 2 is 1.80 bits per heavy atom. The van der Waals surface area contributed by atoms with Gasteiger partial charge in [0.2, 0.25) is 0 Å². The molecule has 1 aliphatic rings. The van der Waals surface area contributed by atoms with E-state index in [1.165, 1.54) is 12.1 Å². The normalized spacial score (nSPS) is 14.0. The molecule has 0 saturated carbocycles. The predicted molar refractivity (Wildman–Crippen MR) is 86.6 cm³/mol. The largest absolute Gasteiger partial charge is 0.418 e. The van der Waals surface area contributed by atoms with Crippen molar-refractivity contribution < 1.29 is 17.6 Å². The Bertz CT molecular complexity index is 823. The molecule has 1 aromatic carbocycles. The lowest BCUT2D eigenvalue weighted by molar-refractivity contribution is -0.138. The number of benzene rings is 1. The van der Waals surface area contributed by atoms with Crippen molar-refractivity contribution >= 4 is 11.8 Å². The van der Waals surface area contributed by atoms with Gasteiger partial charge < -0.3 is 0 Å². The summed E-state index contributed by atoms with van der Waals surface area (Å²) >= 11 is 1.08. The first kappa shape index (κ1) is 17.7. The van der Waals surface area contributed by atoms with Crippen LogP contribution in [0.2, 0.25) is 0 Å². The Balaban J connectivity index is 2.01. The van der Waals surface area contributed by atoms with Gasteiger partial charge in [-0.3, -0.25) is 0 Å². The van der Waals surface area contributed by atoms with E-state index in [0.29, 0.717) is 30.7 Å². The fraction of sp³-hybridized carbons (Fsp3) is 0.333. The molecule has 0 bridgehead atoms. The smallest absolute Gasteiger partial charge is 0.245 e. The zero-order chi connectivity index (χ0) is 18.0. The number of nitriles is 1. The summed E-state index contributed by atoms with van der Waals surface area (Å²) in [5.74, 6) is -0.0596. The Kier molecular flexibility index (Phi) is 5.00. The summed E-state index contributed by atoms with van der Waals surface area (Å²) in [5, 5.41) is 9.44. The lowest BCUT2D eigenvalue weighted by Gasteiger charge is -2.22. The highest BCUT2D eigenvalue weighted by Gasteiger charge is 2.39. The molecule has 1 aromatic heterocycles. The predicted octanol–water partition coefficient (Wildman–Crippen LogP) is 5.28. The number of hydrogen-bond acceptors (Lipinski definition) is 3. The van der Waals surface area contributed by atoms with Crippen LogP contribution in [0.25, 0.3) is 0 Å². The Hall–Kier alpha value is -2.07. The van der Waals surface area contributed by atoms with E-state index in [2.05, 4.69) is 4.98 Å². The number of rotatable bonds is 3. The average molecular weight is 366 g/mol. The number of hydrogen-bond donors (Lipinski definition) is 0. The van der Waals surface area contributed by atoms with Crippen molar-refractivity contribution in [2.24, 2.45) is 0 Å². The third kappa shape index (κ3) is 3.79. The zero-order valence-electron chi connectivity index (χ0n) is 13.2. The molecule has 0 amide bonds. The molecule has 0 saturated heterocycles. The second-order valence-electron chi connectivity index (χ2n) is 5.82. The van der Waals surface area contributed by atoms with Crippen LogP contribution in [0.1, 0.15) is 40.8 Å². The molecule has 0 fully saturated rings. The number of aromatic nitrogens is 1. The van der Waals surface area contributed by atoms with E-state index in [1.807, 2.05) is 0 Å². The molecule has 7 heteroatoms. The molecular weight excluding hydrogens is 352 g/mol. The van der Waals surface area contributed by atoms with Crippen molar-refractivity contribution in [3.8, 4) is 6.07 Å². The topological polar surface area (TPSA) is 36.7 Å². The van der Waals surface area contributed by atoms with Crippen LogP contribution in [0.3, 0.4) is 0 Å². The number of aryl methyl sites for hydroxylation is 1. The Morgan fingerprint density at radius 3 is 2.44 bits per heavy atom. The van der Waals surface area contributed by atoms with E-state index in [4.69, 9.17) is 0 Å². The summed E-state index contributed by atoms with van der Waals surface area (Å²) in [6, 6.07) is 7.43. The molecule has 0 aliphatic heterocycles. The standard InChI is InChI=1S/C18H14F4N2S/c19-12-7-5-11(6-8-12)10-25-17-14(9-23)16(18(20,21)22)13-3-1-2-4-15(13)24-17/h5-8H,1-4,10H2. The molecule has 25 heavy (non-hydrogen) atoms. The molecule has 2 aromatic rings. The highest BCUT2D eigenvalue weighted by Crippen LogP contribution is 2.41. The molecular formula is C18H14F4N2S. The average Bonchev–Trinajstić information content (AvgIpc) is 2.59. The fourth-order valence-corrected chi connectivity index (χ4v) is 3.93. The summed E-state index contributed by atoms with van der Waals surface area (Å²) < 4.78 is 53.7. The minimum Gasteiger partial charge on any atom is -0.245 e. The molecule has 1 aliphatic carbocycles. The van der Waals surface area contributed by atoms with Crippen LogP contribution < -0.4 is 0 Å². The van der Waals surface area contributed by atoms with E-state index in [1.54, 1.807) is 18.2 Å². The number of alkyl halides is 3. The monoisotopic (exact) mass is 366 g/mol. The van der Waals surface area contributed by atoms with Crippen LogP contribution in [0.4, 0.5) is 17.6 Å². The minimum absolute atomic E-state index is 0.0970. The first-order valence-corrected chi connectivity index (χ1v) is 8.79. The van der Waals surface area contributed by atoms with Crippen molar-refractivity contribution in [3.63, 3.8) is 0 Å². The molecule has 1 heterocycles. The van der Waals surface area contributed by atoms with Gasteiger partial charge in [0.05, 0.1) is 11.1 Å². The number of pyridine rings is 1. The maximum absolute atomic E-state index is 13.6.